The smallest absolute Gasteiger partial charge is 0.264 e. The zero-order valence-electron chi connectivity index (χ0n) is 41.0. The Morgan fingerprint density at radius 3 is 2.40 bits per heavy atom. The fraction of sp³-hybridized carbons (Fsp3) is 0.436. The summed E-state index contributed by atoms with van der Waals surface area (Å²) in [6.07, 6.45) is 5.11. The number of carbonyl (C=O) groups is 6. The Morgan fingerprint density at radius 2 is 1.63 bits per heavy atom. The summed E-state index contributed by atoms with van der Waals surface area (Å²) in [6, 6.07) is 26.6. The van der Waals surface area contributed by atoms with Crippen LogP contribution in [-0.2, 0) is 28.8 Å². The summed E-state index contributed by atoms with van der Waals surface area (Å²) in [4.78, 5) is 89.8. The molecule has 4 fully saturated rings. The lowest BCUT2D eigenvalue weighted by atomic mass is 9.86. The average Bonchev–Trinajstić information content (AvgIpc) is 3.86. The van der Waals surface area contributed by atoms with Gasteiger partial charge in [-0.25, -0.2) is 4.98 Å². The van der Waals surface area contributed by atoms with E-state index >= 15 is 0 Å². The maximum absolute atomic E-state index is 14.3. The molecule has 5 aliphatic rings. The van der Waals surface area contributed by atoms with Crippen molar-refractivity contribution in [3.8, 4) is 22.1 Å². The number of piperidine rings is 4. The second-order valence-electron chi connectivity index (χ2n) is 19.9. The summed E-state index contributed by atoms with van der Waals surface area (Å²) in [5.41, 5.74) is 3.54. The van der Waals surface area contributed by atoms with Crippen molar-refractivity contribution in [3.05, 3.63) is 101 Å². The average molecular weight is 1030 g/mol. The number of benzene rings is 4. The second-order valence-corrected chi connectivity index (χ2v) is 21.3. The number of hydrogen-bond donors (Lipinski definition) is 4. The SMILES string of the molecule is CNC(=O)C1(Oc2ccccc2-c2nc3cccc(Cl)c3s2)CCN(C(=O)[C@H]2CC(=O)Nc3ccc(OCCNC(=O)C4CCN(CC5CCN(c6cccc(C7CCC(=O)NC7=O)c6)CC5)CC4)cc32)CC1. The first-order chi connectivity index (χ1) is 35.4. The maximum atomic E-state index is 14.3. The third-order valence-corrected chi connectivity index (χ3v) is 16.9. The van der Waals surface area contributed by atoms with Crippen molar-refractivity contribution >= 4 is 80.0 Å². The number of thiazole rings is 1. The first-order valence-electron chi connectivity index (χ1n) is 25.5. The number of nitrogens with one attached hydrogen (secondary N) is 4. The predicted molar refractivity (Wildman–Crippen MR) is 280 cm³/mol. The van der Waals surface area contributed by atoms with Crippen LogP contribution in [0.3, 0.4) is 0 Å². The van der Waals surface area contributed by atoms with Gasteiger partial charge in [0.05, 0.1) is 39.2 Å². The van der Waals surface area contributed by atoms with Gasteiger partial charge in [0.1, 0.15) is 23.1 Å². The van der Waals surface area contributed by atoms with Gasteiger partial charge in [-0.3, -0.25) is 34.1 Å². The summed E-state index contributed by atoms with van der Waals surface area (Å²) in [6.45, 7) is 5.71. The van der Waals surface area contributed by atoms with Crippen LogP contribution in [0.2, 0.25) is 5.02 Å². The van der Waals surface area contributed by atoms with Crippen LogP contribution in [0, 0.1) is 11.8 Å². The normalized spacial score (nSPS) is 20.7. The molecule has 6 amide bonds. The molecule has 18 heteroatoms. The molecule has 6 heterocycles. The lowest BCUT2D eigenvalue weighted by Gasteiger charge is -2.42. The van der Waals surface area contributed by atoms with Crippen LogP contribution in [0.5, 0.6) is 11.5 Å². The van der Waals surface area contributed by atoms with Gasteiger partial charge in [-0.15, -0.1) is 11.3 Å². The van der Waals surface area contributed by atoms with E-state index < -0.39 is 11.5 Å². The van der Waals surface area contributed by atoms with Crippen LogP contribution in [0.15, 0.2) is 84.9 Å². The monoisotopic (exact) mass is 1030 g/mol. The number of carbonyl (C=O) groups excluding carboxylic acids is 6. The van der Waals surface area contributed by atoms with Crippen LogP contribution in [0.25, 0.3) is 20.8 Å². The van der Waals surface area contributed by atoms with Crippen LogP contribution in [0.4, 0.5) is 11.4 Å². The zero-order valence-corrected chi connectivity index (χ0v) is 42.5. The maximum Gasteiger partial charge on any atom is 0.264 e. The molecule has 4 N–H and O–H groups in total. The third-order valence-electron chi connectivity index (χ3n) is 15.3. The second kappa shape index (κ2) is 21.9. The first-order valence-corrected chi connectivity index (χ1v) is 26.7. The van der Waals surface area contributed by atoms with Crippen LogP contribution >= 0.6 is 22.9 Å². The van der Waals surface area contributed by atoms with E-state index in [9.17, 15) is 28.8 Å². The van der Waals surface area contributed by atoms with E-state index in [1.54, 1.807) is 30.1 Å². The van der Waals surface area contributed by atoms with Crippen molar-refractivity contribution in [2.24, 2.45) is 11.8 Å². The fourth-order valence-electron chi connectivity index (χ4n) is 11.2. The molecule has 1 unspecified atom stereocenters. The largest absolute Gasteiger partial charge is 0.492 e. The number of ether oxygens (including phenoxy) is 2. The molecule has 4 aromatic carbocycles. The van der Waals surface area contributed by atoms with Gasteiger partial charge in [-0.1, -0.05) is 41.9 Å². The number of para-hydroxylation sites is 1. The minimum absolute atomic E-state index is 0.0266. The van der Waals surface area contributed by atoms with Gasteiger partial charge in [0.25, 0.3) is 5.91 Å². The Hall–Kier alpha value is -6.56. The number of anilines is 2. The first kappa shape index (κ1) is 50.0. The van der Waals surface area contributed by atoms with Crippen molar-refractivity contribution < 1.29 is 38.2 Å². The van der Waals surface area contributed by atoms with E-state index in [0.29, 0.717) is 58.1 Å². The number of likely N-dealkylation sites (N-methyl/N-ethyl adjacent to an activating group) is 1. The molecule has 0 radical (unpaired) electrons. The highest BCUT2D eigenvalue weighted by Crippen LogP contribution is 2.42. The highest BCUT2D eigenvalue weighted by Gasteiger charge is 2.46. The van der Waals surface area contributed by atoms with E-state index in [2.05, 4.69) is 43.2 Å². The number of hydrogen-bond acceptors (Lipinski definition) is 12. The van der Waals surface area contributed by atoms with Gasteiger partial charge in [0.2, 0.25) is 29.5 Å². The highest BCUT2D eigenvalue weighted by atomic mass is 35.5. The number of nitrogens with zero attached hydrogens (tertiary/aromatic N) is 4. The Morgan fingerprint density at radius 1 is 0.849 bits per heavy atom. The number of aromatic nitrogens is 1. The van der Waals surface area contributed by atoms with Crippen molar-refractivity contribution in [3.63, 3.8) is 0 Å². The molecule has 0 aliphatic carbocycles. The topological polar surface area (TPSA) is 192 Å². The summed E-state index contributed by atoms with van der Waals surface area (Å²) in [5.74, 6) is -0.611. The van der Waals surface area contributed by atoms with E-state index in [-0.39, 0.29) is 86.2 Å². The molecule has 5 aromatic rings. The Balaban J connectivity index is 0.679. The van der Waals surface area contributed by atoms with Crippen molar-refractivity contribution in [1.29, 1.82) is 0 Å². The summed E-state index contributed by atoms with van der Waals surface area (Å²) >= 11 is 7.94. The van der Waals surface area contributed by atoms with Crippen LogP contribution in [-0.4, -0.2) is 122 Å². The summed E-state index contributed by atoms with van der Waals surface area (Å²) in [7, 11) is 1.58. The van der Waals surface area contributed by atoms with E-state index in [1.165, 1.54) is 11.3 Å². The number of likely N-dealkylation sites (tertiary alicyclic amines) is 2. The van der Waals surface area contributed by atoms with Gasteiger partial charge in [0, 0.05) is 82.7 Å². The molecule has 0 spiro atoms. The van der Waals surface area contributed by atoms with Crippen molar-refractivity contribution in [2.45, 2.75) is 75.2 Å². The van der Waals surface area contributed by atoms with Gasteiger partial charge in [-0.05, 0) is 117 Å². The molecule has 4 saturated heterocycles. The number of halogens is 1. The van der Waals surface area contributed by atoms with Crippen LogP contribution < -0.4 is 35.6 Å². The Kier molecular flexibility index (Phi) is 15.0. The molecule has 0 saturated carbocycles. The molecule has 1 aromatic heterocycles. The molecular formula is C55H61ClN8O8S. The molecule has 382 valence electrons. The van der Waals surface area contributed by atoms with Gasteiger partial charge in [0.15, 0.2) is 5.60 Å². The standard InChI is InChI=1S/C55H61ClN8O8S/c1-57-54(70)55(72-46-11-3-2-8-40(46)52-60-45-10-5-9-43(56)49(45)73-52)20-27-64(28-21-55)53(69)42-32-48(66)59-44-14-12-38(31-41(42)44)71-29-22-58-50(67)35-18-23-62(24-19-35)33-34-16-25-63(26-17-34)37-7-4-6-36(30-37)39-13-15-47(65)61-51(39)68/h2-12,14,30-31,34-35,39,42H,13,15-29,32-33H2,1H3,(H,57,70)(H,58,67)(H,59,66)(H,61,65,68)/t39?,42-/m0/s1. The van der Waals surface area contributed by atoms with Crippen LogP contribution in [0.1, 0.15) is 80.8 Å². The Bertz CT molecular complexity index is 2910. The van der Waals surface area contributed by atoms with Gasteiger partial charge in [-0.2, -0.15) is 0 Å². The summed E-state index contributed by atoms with van der Waals surface area (Å²) in [5, 5.41) is 12.6. The third kappa shape index (κ3) is 11.0. The minimum Gasteiger partial charge on any atom is -0.492 e. The molecule has 73 heavy (non-hydrogen) atoms. The lowest BCUT2D eigenvalue weighted by molar-refractivity contribution is -0.147. The molecule has 2 atom stereocenters. The van der Waals surface area contributed by atoms with Gasteiger partial charge < -0.3 is 40.1 Å². The molecule has 5 aliphatic heterocycles. The number of fused-ring (bicyclic) bond motifs is 2. The molecule has 10 rings (SSSR count). The number of rotatable bonds is 14. The lowest BCUT2D eigenvalue weighted by Crippen LogP contribution is -2.58. The van der Waals surface area contributed by atoms with Crippen molar-refractivity contribution in [2.75, 3.05) is 76.2 Å². The molecule has 0 bridgehead atoms. The zero-order chi connectivity index (χ0) is 50.6. The van der Waals surface area contributed by atoms with E-state index in [4.69, 9.17) is 26.1 Å². The van der Waals surface area contributed by atoms with E-state index in [1.807, 2.05) is 54.6 Å². The van der Waals surface area contributed by atoms with Crippen molar-refractivity contribution in [1.82, 2.24) is 30.7 Å². The minimum atomic E-state index is -1.26. The quantitative estimate of drug-likeness (QED) is 0.0671. The molecular weight excluding hydrogens is 968 g/mol. The van der Waals surface area contributed by atoms with Gasteiger partial charge >= 0.3 is 0 Å². The fourth-order valence-corrected chi connectivity index (χ4v) is 12.5. The van der Waals surface area contributed by atoms with E-state index in [0.717, 1.165) is 85.4 Å². The molecule has 16 nitrogen and oxygen atoms in total. The summed E-state index contributed by atoms with van der Waals surface area (Å²) < 4.78 is 13.7. The highest BCUT2D eigenvalue weighted by molar-refractivity contribution is 7.22. The number of amides is 6. The predicted octanol–water partition coefficient (Wildman–Crippen LogP) is 6.87. The number of imide groups is 1. The Labute approximate surface area is 433 Å².